The fourth-order valence-corrected chi connectivity index (χ4v) is 2.44. The highest BCUT2D eigenvalue weighted by Crippen LogP contribution is 2.12. The van der Waals surface area contributed by atoms with Gasteiger partial charge in [0.1, 0.15) is 13.2 Å². The highest BCUT2D eigenvalue weighted by molar-refractivity contribution is 5.89. The number of pyridine rings is 2. The van der Waals surface area contributed by atoms with Gasteiger partial charge in [0.15, 0.2) is 0 Å². The number of esters is 2. The van der Waals surface area contributed by atoms with E-state index in [9.17, 15) is 9.59 Å². The van der Waals surface area contributed by atoms with Crippen molar-refractivity contribution in [1.29, 1.82) is 0 Å². The normalized spacial score (nSPS) is 10.2. The number of rotatable bonds is 8. The first-order valence-electron chi connectivity index (χ1n) is 9.01. The van der Waals surface area contributed by atoms with E-state index in [1.807, 2.05) is 0 Å². The molecule has 0 aliphatic rings. The standard InChI is InChI=1S/C22H20N2O6/c1-27-19-9-7-17(11-23-19)21(25)29-13-15-3-5-16(6-4-15)14-30-22(26)18-8-10-20(28-2)24-12-18/h3-12H,13-14H2,1-2H3. The van der Waals surface area contributed by atoms with E-state index >= 15 is 0 Å². The molecule has 0 saturated heterocycles. The molecule has 0 atom stereocenters. The second-order valence-corrected chi connectivity index (χ2v) is 6.15. The summed E-state index contributed by atoms with van der Waals surface area (Å²) in [6.07, 6.45) is 2.80. The van der Waals surface area contributed by atoms with Crippen molar-refractivity contribution in [1.82, 2.24) is 9.97 Å². The van der Waals surface area contributed by atoms with Crippen molar-refractivity contribution in [3.8, 4) is 11.8 Å². The van der Waals surface area contributed by atoms with Crippen LogP contribution in [0.5, 0.6) is 11.8 Å². The number of hydrogen-bond acceptors (Lipinski definition) is 8. The summed E-state index contributed by atoms with van der Waals surface area (Å²) in [5, 5.41) is 0. The van der Waals surface area contributed by atoms with Crippen LogP contribution in [0.15, 0.2) is 60.9 Å². The summed E-state index contributed by atoms with van der Waals surface area (Å²) < 4.78 is 20.5. The molecule has 2 aromatic heterocycles. The molecule has 30 heavy (non-hydrogen) atoms. The van der Waals surface area contributed by atoms with Crippen LogP contribution in [0, 0.1) is 0 Å². The highest BCUT2D eigenvalue weighted by Gasteiger charge is 2.10. The first kappa shape index (κ1) is 20.8. The molecule has 0 aliphatic heterocycles. The molecule has 0 saturated carbocycles. The molecule has 0 bridgehead atoms. The Balaban J connectivity index is 1.48. The third-order valence-corrected chi connectivity index (χ3v) is 4.13. The number of ether oxygens (including phenoxy) is 4. The van der Waals surface area contributed by atoms with Gasteiger partial charge < -0.3 is 18.9 Å². The van der Waals surface area contributed by atoms with Crippen molar-refractivity contribution in [2.24, 2.45) is 0 Å². The van der Waals surface area contributed by atoms with Gasteiger partial charge in [0.2, 0.25) is 11.8 Å². The minimum atomic E-state index is -0.476. The molecule has 8 nitrogen and oxygen atoms in total. The average Bonchev–Trinajstić information content (AvgIpc) is 2.81. The molecule has 2 heterocycles. The minimum absolute atomic E-state index is 0.114. The van der Waals surface area contributed by atoms with Gasteiger partial charge in [-0.1, -0.05) is 24.3 Å². The van der Waals surface area contributed by atoms with Gasteiger partial charge in [-0.05, 0) is 23.3 Å². The van der Waals surface area contributed by atoms with E-state index in [0.717, 1.165) is 11.1 Å². The summed E-state index contributed by atoms with van der Waals surface area (Å²) in [4.78, 5) is 32.1. The van der Waals surface area contributed by atoms with Crippen LogP contribution in [0.4, 0.5) is 0 Å². The number of carbonyl (C=O) groups is 2. The molecule has 1 aromatic carbocycles. The Kier molecular flexibility index (Phi) is 6.94. The van der Waals surface area contributed by atoms with E-state index in [1.165, 1.54) is 26.6 Å². The predicted molar refractivity (Wildman–Crippen MR) is 106 cm³/mol. The van der Waals surface area contributed by atoms with Crippen LogP contribution in [-0.4, -0.2) is 36.1 Å². The molecule has 0 fully saturated rings. The zero-order chi connectivity index (χ0) is 21.3. The molecule has 0 spiro atoms. The van der Waals surface area contributed by atoms with Crippen molar-refractivity contribution < 1.29 is 28.5 Å². The molecule has 0 radical (unpaired) electrons. The molecule has 0 aliphatic carbocycles. The summed E-state index contributed by atoms with van der Waals surface area (Å²) in [7, 11) is 3.00. The van der Waals surface area contributed by atoms with Crippen molar-refractivity contribution >= 4 is 11.9 Å². The molecule has 0 amide bonds. The molecular formula is C22H20N2O6. The monoisotopic (exact) mass is 408 g/mol. The molecule has 3 aromatic rings. The molecule has 0 N–H and O–H groups in total. The van der Waals surface area contributed by atoms with Crippen molar-refractivity contribution in [3.63, 3.8) is 0 Å². The van der Waals surface area contributed by atoms with Gasteiger partial charge >= 0.3 is 11.9 Å². The van der Waals surface area contributed by atoms with E-state index in [2.05, 4.69) is 9.97 Å². The van der Waals surface area contributed by atoms with Crippen LogP contribution in [0.25, 0.3) is 0 Å². The van der Waals surface area contributed by atoms with Crippen molar-refractivity contribution in [3.05, 3.63) is 83.2 Å². The van der Waals surface area contributed by atoms with E-state index in [0.29, 0.717) is 22.9 Å². The van der Waals surface area contributed by atoms with E-state index < -0.39 is 11.9 Å². The molecule has 0 unspecified atom stereocenters. The number of methoxy groups -OCH3 is 2. The maximum absolute atomic E-state index is 12.1. The lowest BCUT2D eigenvalue weighted by Crippen LogP contribution is -2.07. The van der Waals surface area contributed by atoms with Crippen LogP contribution < -0.4 is 9.47 Å². The summed E-state index contributed by atoms with van der Waals surface area (Å²) >= 11 is 0. The van der Waals surface area contributed by atoms with Gasteiger partial charge in [-0.25, -0.2) is 19.6 Å². The molecular weight excluding hydrogens is 388 g/mol. The lowest BCUT2D eigenvalue weighted by molar-refractivity contribution is 0.0459. The largest absolute Gasteiger partial charge is 0.481 e. The number of aromatic nitrogens is 2. The van der Waals surface area contributed by atoms with Crippen LogP contribution in [0.3, 0.4) is 0 Å². The van der Waals surface area contributed by atoms with Crippen LogP contribution >= 0.6 is 0 Å². The third-order valence-electron chi connectivity index (χ3n) is 4.13. The Morgan fingerprint density at radius 1 is 0.667 bits per heavy atom. The van der Waals surface area contributed by atoms with Gasteiger partial charge in [-0.15, -0.1) is 0 Å². The van der Waals surface area contributed by atoms with Crippen molar-refractivity contribution in [2.75, 3.05) is 14.2 Å². The van der Waals surface area contributed by atoms with Gasteiger partial charge in [-0.3, -0.25) is 0 Å². The lowest BCUT2D eigenvalue weighted by atomic mass is 10.1. The first-order chi connectivity index (χ1) is 14.6. The number of carbonyl (C=O) groups excluding carboxylic acids is 2. The maximum Gasteiger partial charge on any atom is 0.340 e. The molecule has 3 rings (SSSR count). The topological polar surface area (TPSA) is 96.8 Å². The Morgan fingerprint density at radius 3 is 1.37 bits per heavy atom. The Hall–Kier alpha value is -3.94. The Bertz CT molecular complexity index is 903. The summed E-state index contributed by atoms with van der Waals surface area (Å²) in [6, 6.07) is 13.6. The quantitative estimate of drug-likeness (QED) is 0.524. The maximum atomic E-state index is 12.1. The highest BCUT2D eigenvalue weighted by atomic mass is 16.5. The van der Waals surface area contributed by atoms with E-state index in [-0.39, 0.29) is 13.2 Å². The zero-order valence-electron chi connectivity index (χ0n) is 16.5. The predicted octanol–water partition coefficient (Wildman–Crippen LogP) is 3.21. The van der Waals surface area contributed by atoms with Crippen LogP contribution in [-0.2, 0) is 22.7 Å². The smallest absolute Gasteiger partial charge is 0.340 e. The molecule has 8 heteroatoms. The zero-order valence-corrected chi connectivity index (χ0v) is 16.5. The van der Waals surface area contributed by atoms with Crippen LogP contribution in [0.1, 0.15) is 31.8 Å². The number of benzene rings is 1. The van der Waals surface area contributed by atoms with Gasteiger partial charge in [0, 0.05) is 24.5 Å². The Morgan fingerprint density at radius 2 is 1.07 bits per heavy atom. The summed E-state index contributed by atoms with van der Waals surface area (Å²) in [5.41, 5.74) is 2.29. The first-order valence-corrected chi connectivity index (χ1v) is 9.01. The van der Waals surface area contributed by atoms with Gasteiger partial charge in [-0.2, -0.15) is 0 Å². The average molecular weight is 408 g/mol. The van der Waals surface area contributed by atoms with Gasteiger partial charge in [0.05, 0.1) is 25.3 Å². The number of hydrogen-bond donors (Lipinski definition) is 0. The molecule has 154 valence electrons. The number of nitrogens with zero attached hydrogens (tertiary/aromatic N) is 2. The van der Waals surface area contributed by atoms with Crippen LogP contribution in [0.2, 0.25) is 0 Å². The van der Waals surface area contributed by atoms with E-state index in [1.54, 1.807) is 48.5 Å². The Labute approximate surface area is 173 Å². The fraction of sp³-hybridized carbons (Fsp3) is 0.182. The van der Waals surface area contributed by atoms with Gasteiger partial charge in [0.25, 0.3) is 0 Å². The second kappa shape index (κ2) is 10.0. The lowest BCUT2D eigenvalue weighted by Gasteiger charge is -2.08. The SMILES string of the molecule is COc1ccc(C(=O)OCc2ccc(COC(=O)c3ccc(OC)nc3)cc2)cn1. The summed E-state index contributed by atoms with van der Waals surface area (Å²) in [6.45, 7) is 0.227. The van der Waals surface area contributed by atoms with E-state index in [4.69, 9.17) is 18.9 Å². The fourth-order valence-electron chi connectivity index (χ4n) is 2.44. The minimum Gasteiger partial charge on any atom is -0.481 e. The second-order valence-electron chi connectivity index (χ2n) is 6.15. The third kappa shape index (κ3) is 5.54. The summed E-state index contributed by atoms with van der Waals surface area (Å²) in [5.74, 6) is -0.107. The van der Waals surface area contributed by atoms with Crippen molar-refractivity contribution in [2.45, 2.75) is 13.2 Å².